The van der Waals surface area contributed by atoms with Crippen LogP contribution < -0.4 is 4.74 Å². The molecule has 2 aromatic heterocycles. The SMILES string of the molecule is CN(Cc1ccc(OCC(=O)O)c(-c2ccn3ccnc3c2)c1)S(=O)(=O)c1ccc(F)cc1. The molecule has 2 aromatic carbocycles. The van der Waals surface area contributed by atoms with E-state index in [1.807, 2.05) is 22.7 Å². The van der Waals surface area contributed by atoms with Gasteiger partial charge in [-0.15, -0.1) is 0 Å². The molecular formula is C23H20FN3O5S. The summed E-state index contributed by atoms with van der Waals surface area (Å²) in [6, 6.07) is 13.3. The number of nitrogens with zero attached hydrogens (tertiary/aromatic N) is 3. The molecule has 0 saturated heterocycles. The molecule has 0 radical (unpaired) electrons. The Labute approximate surface area is 189 Å². The molecule has 0 aliphatic heterocycles. The first-order chi connectivity index (χ1) is 15.7. The molecule has 0 bridgehead atoms. The van der Waals surface area contributed by atoms with E-state index in [1.165, 1.54) is 19.2 Å². The number of rotatable bonds is 8. The average Bonchev–Trinajstić information content (AvgIpc) is 3.26. The first-order valence-corrected chi connectivity index (χ1v) is 11.3. The number of imidazole rings is 1. The van der Waals surface area contributed by atoms with Gasteiger partial charge in [0.1, 0.15) is 17.2 Å². The van der Waals surface area contributed by atoms with Crippen molar-refractivity contribution < 1.29 is 27.4 Å². The smallest absolute Gasteiger partial charge is 0.341 e. The largest absolute Gasteiger partial charge is 0.481 e. The van der Waals surface area contributed by atoms with Gasteiger partial charge in [-0.2, -0.15) is 4.31 Å². The zero-order valence-corrected chi connectivity index (χ0v) is 18.4. The van der Waals surface area contributed by atoms with Crippen LogP contribution in [0, 0.1) is 5.82 Å². The second-order valence-electron chi connectivity index (χ2n) is 7.34. The summed E-state index contributed by atoms with van der Waals surface area (Å²) in [5.74, 6) is -1.28. The molecule has 4 rings (SSSR count). The Morgan fingerprint density at radius 3 is 2.61 bits per heavy atom. The zero-order chi connectivity index (χ0) is 23.6. The lowest BCUT2D eigenvalue weighted by Crippen LogP contribution is -2.26. The standard InChI is InChI=1S/C23H20FN3O5S/c1-26(33(30,31)19-5-3-18(24)4-6-19)14-16-2-7-21(32-15-23(28)29)20(12-16)17-8-10-27-11-9-25-22(27)13-17/h2-13H,14-15H2,1H3,(H,28,29). The third kappa shape index (κ3) is 4.86. The number of hydrogen-bond acceptors (Lipinski definition) is 5. The van der Waals surface area contributed by atoms with E-state index in [4.69, 9.17) is 9.84 Å². The van der Waals surface area contributed by atoms with Gasteiger partial charge in [-0.3, -0.25) is 0 Å². The highest BCUT2D eigenvalue weighted by Gasteiger charge is 2.21. The van der Waals surface area contributed by atoms with Crippen molar-refractivity contribution in [2.24, 2.45) is 0 Å². The number of ether oxygens (including phenoxy) is 1. The maximum Gasteiger partial charge on any atom is 0.341 e. The molecule has 0 fully saturated rings. The lowest BCUT2D eigenvalue weighted by molar-refractivity contribution is -0.139. The van der Waals surface area contributed by atoms with E-state index in [-0.39, 0.29) is 11.4 Å². The van der Waals surface area contributed by atoms with Crippen LogP contribution in [0.25, 0.3) is 16.8 Å². The summed E-state index contributed by atoms with van der Waals surface area (Å²) in [5, 5.41) is 9.00. The van der Waals surface area contributed by atoms with Gasteiger partial charge in [0.25, 0.3) is 0 Å². The highest BCUT2D eigenvalue weighted by Crippen LogP contribution is 2.32. The highest BCUT2D eigenvalue weighted by atomic mass is 32.2. The fourth-order valence-electron chi connectivity index (χ4n) is 3.37. The minimum Gasteiger partial charge on any atom is -0.481 e. The predicted octanol–water partition coefficient (Wildman–Crippen LogP) is 3.42. The lowest BCUT2D eigenvalue weighted by atomic mass is 10.0. The van der Waals surface area contributed by atoms with Crippen molar-refractivity contribution in [1.29, 1.82) is 0 Å². The van der Waals surface area contributed by atoms with Gasteiger partial charge in [0.15, 0.2) is 6.61 Å². The molecule has 4 aromatic rings. The number of halogens is 1. The molecule has 8 nitrogen and oxygen atoms in total. The molecule has 33 heavy (non-hydrogen) atoms. The monoisotopic (exact) mass is 469 g/mol. The van der Waals surface area contributed by atoms with E-state index in [1.54, 1.807) is 30.6 Å². The number of benzene rings is 2. The van der Waals surface area contributed by atoms with Crippen molar-refractivity contribution in [3.05, 3.63) is 84.6 Å². The normalized spacial score (nSPS) is 11.7. The molecule has 1 N–H and O–H groups in total. The Morgan fingerprint density at radius 2 is 1.88 bits per heavy atom. The van der Waals surface area contributed by atoms with Crippen molar-refractivity contribution in [1.82, 2.24) is 13.7 Å². The van der Waals surface area contributed by atoms with E-state index in [0.29, 0.717) is 22.5 Å². The van der Waals surface area contributed by atoms with E-state index in [0.717, 1.165) is 22.0 Å². The molecule has 10 heteroatoms. The quantitative estimate of drug-likeness (QED) is 0.424. The Morgan fingerprint density at radius 1 is 1.12 bits per heavy atom. The Kier molecular flexibility index (Phi) is 6.12. The first-order valence-electron chi connectivity index (χ1n) is 9.86. The van der Waals surface area contributed by atoms with Crippen molar-refractivity contribution in [3.63, 3.8) is 0 Å². The summed E-state index contributed by atoms with van der Waals surface area (Å²) in [5.41, 5.74) is 2.69. The molecule has 0 amide bonds. The van der Waals surface area contributed by atoms with Gasteiger partial charge in [0.2, 0.25) is 10.0 Å². The van der Waals surface area contributed by atoms with Crippen LogP contribution in [0.4, 0.5) is 4.39 Å². The van der Waals surface area contributed by atoms with Crippen LogP contribution in [0.5, 0.6) is 5.75 Å². The summed E-state index contributed by atoms with van der Waals surface area (Å²) in [4.78, 5) is 15.3. The van der Waals surface area contributed by atoms with Gasteiger partial charge in [0.05, 0.1) is 4.90 Å². The second kappa shape index (κ2) is 9.00. The minimum absolute atomic E-state index is 0.0159. The highest BCUT2D eigenvalue weighted by molar-refractivity contribution is 7.89. The summed E-state index contributed by atoms with van der Waals surface area (Å²) in [6.45, 7) is -0.478. The summed E-state index contributed by atoms with van der Waals surface area (Å²) in [7, 11) is -2.41. The van der Waals surface area contributed by atoms with E-state index in [9.17, 15) is 17.6 Å². The third-order valence-corrected chi connectivity index (χ3v) is 6.85. The number of fused-ring (bicyclic) bond motifs is 1. The van der Waals surface area contributed by atoms with Gasteiger partial charge in [0, 0.05) is 37.7 Å². The fraction of sp³-hybridized carbons (Fsp3) is 0.130. The molecular weight excluding hydrogens is 449 g/mol. The van der Waals surface area contributed by atoms with Crippen LogP contribution in [-0.4, -0.2) is 46.8 Å². The Hall–Kier alpha value is -3.76. The zero-order valence-electron chi connectivity index (χ0n) is 17.6. The number of pyridine rings is 1. The van der Waals surface area contributed by atoms with Gasteiger partial charge < -0.3 is 14.2 Å². The number of carboxylic acid groups (broad SMARTS) is 1. The predicted molar refractivity (Wildman–Crippen MR) is 119 cm³/mol. The maximum atomic E-state index is 13.2. The van der Waals surface area contributed by atoms with Gasteiger partial charge >= 0.3 is 5.97 Å². The maximum absolute atomic E-state index is 13.2. The van der Waals surface area contributed by atoms with Gasteiger partial charge in [-0.1, -0.05) is 6.07 Å². The van der Waals surface area contributed by atoms with Gasteiger partial charge in [-0.25, -0.2) is 22.6 Å². The number of aliphatic carboxylic acids is 1. The molecule has 0 saturated carbocycles. The van der Waals surface area contributed by atoms with Crippen molar-refractivity contribution in [2.75, 3.05) is 13.7 Å². The number of hydrogen-bond donors (Lipinski definition) is 1. The Bertz CT molecular complexity index is 1420. The van der Waals surface area contributed by atoms with Crippen molar-refractivity contribution in [2.45, 2.75) is 11.4 Å². The van der Waals surface area contributed by atoms with Crippen LogP contribution in [-0.2, 0) is 21.4 Å². The molecule has 0 atom stereocenters. The lowest BCUT2D eigenvalue weighted by Gasteiger charge is -2.19. The third-order valence-electron chi connectivity index (χ3n) is 5.03. The molecule has 2 heterocycles. The number of sulfonamides is 1. The number of carbonyl (C=O) groups is 1. The summed E-state index contributed by atoms with van der Waals surface area (Å²) >= 11 is 0. The number of aromatic nitrogens is 2. The van der Waals surface area contributed by atoms with Crippen molar-refractivity contribution >= 4 is 21.6 Å². The minimum atomic E-state index is -3.84. The van der Waals surface area contributed by atoms with Crippen LogP contribution in [0.2, 0.25) is 0 Å². The van der Waals surface area contributed by atoms with Crippen LogP contribution in [0.1, 0.15) is 5.56 Å². The first kappa shape index (κ1) is 22.4. The van der Waals surface area contributed by atoms with Crippen LogP contribution in [0.15, 0.2) is 78.1 Å². The van der Waals surface area contributed by atoms with Crippen LogP contribution in [0.3, 0.4) is 0 Å². The van der Waals surface area contributed by atoms with E-state index >= 15 is 0 Å². The fourth-order valence-corrected chi connectivity index (χ4v) is 4.53. The van der Waals surface area contributed by atoms with E-state index in [2.05, 4.69) is 4.98 Å². The average molecular weight is 469 g/mol. The number of carboxylic acids is 1. The summed E-state index contributed by atoms with van der Waals surface area (Å²) < 4.78 is 47.4. The summed E-state index contributed by atoms with van der Waals surface area (Å²) in [6.07, 6.45) is 5.27. The molecule has 170 valence electrons. The molecule has 0 aliphatic rings. The molecule has 0 aliphatic carbocycles. The molecule has 0 spiro atoms. The molecule has 0 unspecified atom stereocenters. The topological polar surface area (TPSA) is 101 Å². The van der Waals surface area contributed by atoms with Crippen LogP contribution >= 0.6 is 0 Å². The van der Waals surface area contributed by atoms with Gasteiger partial charge in [-0.05, 0) is 59.7 Å². The van der Waals surface area contributed by atoms with Crippen molar-refractivity contribution in [3.8, 4) is 16.9 Å². The second-order valence-corrected chi connectivity index (χ2v) is 9.38. The Balaban J connectivity index is 1.68. The van der Waals surface area contributed by atoms with E-state index < -0.39 is 28.4 Å².